The molecule has 0 saturated carbocycles. The first kappa shape index (κ1) is 16.1. The Bertz CT molecular complexity index is 747. The molecule has 0 aliphatic heterocycles. The van der Waals surface area contributed by atoms with Crippen LogP contribution in [0.1, 0.15) is 11.1 Å². The second-order valence-corrected chi connectivity index (χ2v) is 7.30. The minimum Gasteiger partial charge on any atom is -0.211 e. The van der Waals surface area contributed by atoms with Crippen molar-refractivity contribution in [1.29, 1.82) is 0 Å². The van der Waals surface area contributed by atoms with E-state index in [9.17, 15) is 12.8 Å². The van der Waals surface area contributed by atoms with E-state index in [1.807, 2.05) is 6.92 Å². The van der Waals surface area contributed by atoms with Gasteiger partial charge in [0.05, 0.1) is 4.90 Å². The molecule has 0 fully saturated rings. The first-order chi connectivity index (χ1) is 9.88. The molecule has 0 saturated heterocycles. The molecule has 0 aliphatic rings. The minimum absolute atomic E-state index is 0.201. The molecule has 1 N–H and O–H groups in total. The molecular weight excluding hydrogens is 357 g/mol. The van der Waals surface area contributed by atoms with Crippen LogP contribution in [0.3, 0.4) is 0 Å². The summed E-state index contributed by atoms with van der Waals surface area (Å²) in [4.78, 5) is 0.201. The summed E-state index contributed by atoms with van der Waals surface area (Å²) in [7, 11) is -3.58. The number of sulfonamides is 1. The molecular formula is C15H15BrFNO2S. The molecule has 2 aromatic carbocycles. The number of halogens is 2. The summed E-state index contributed by atoms with van der Waals surface area (Å²) in [5, 5.41) is 0. The topological polar surface area (TPSA) is 46.2 Å². The van der Waals surface area contributed by atoms with Gasteiger partial charge in [0.1, 0.15) is 5.82 Å². The van der Waals surface area contributed by atoms with Gasteiger partial charge >= 0.3 is 0 Å². The molecule has 21 heavy (non-hydrogen) atoms. The van der Waals surface area contributed by atoms with Crippen LogP contribution in [0.25, 0.3) is 0 Å². The van der Waals surface area contributed by atoms with Crippen LogP contribution in [0.2, 0.25) is 0 Å². The number of rotatable bonds is 5. The maximum atomic E-state index is 13.0. The molecule has 2 rings (SSSR count). The van der Waals surface area contributed by atoms with Gasteiger partial charge in [-0.15, -0.1) is 0 Å². The molecule has 6 heteroatoms. The highest BCUT2D eigenvalue weighted by Crippen LogP contribution is 2.22. The average molecular weight is 372 g/mol. The summed E-state index contributed by atoms with van der Waals surface area (Å²) < 4.78 is 40.5. The molecule has 0 aliphatic carbocycles. The Hall–Kier alpha value is -1.24. The van der Waals surface area contributed by atoms with E-state index >= 15 is 0 Å². The van der Waals surface area contributed by atoms with Gasteiger partial charge in [-0.2, -0.15) is 0 Å². The first-order valence-electron chi connectivity index (χ1n) is 6.39. The smallest absolute Gasteiger partial charge is 0.211 e. The van der Waals surface area contributed by atoms with Gasteiger partial charge in [-0.1, -0.05) is 18.2 Å². The lowest BCUT2D eigenvalue weighted by molar-refractivity contribution is 0.581. The number of benzene rings is 2. The molecule has 0 amide bonds. The number of nitrogens with one attached hydrogen (secondary N) is 1. The van der Waals surface area contributed by atoms with Crippen LogP contribution < -0.4 is 4.72 Å². The molecule has 0 aromatic heterocycles. The van der Waals surface area contributed by atoms with E-state index in [4.69, 9.17) is 0 Å². The van der Waals surface area contributed by atoms with Crippen molar-refractivity contribution in [3.05, 3.63) is 63.9 Å². The Labute approximate surface area is 132 Å². The van der Waals surface area contributed by atoms with Gasteiger partial charge in [0.15, 0.2) is 0 Å². The summed E-state index contributed by atoms with van der Waals surface area (Å²) in [5.41, 5.74) is 1.72. The van der Waals surface area contributed by atoms with E-state index in [0.29, 0.717) is 10.9 Å². The summed E-state index contributed by atoms with van der Waals surface area (Å²) in [5.74, 6) is -0.323. The van der Waals surface area contributed by atoms with Crippen molar-refractivity contribution in [3.8, 4) is 0 Å². The molecule has 0 spiro atoms. The molecule has 0 radical (unpaired) electrons. The highest BCUT2D eigenvalue weighted by Gasteiger charge is 2.16. The monoisotopic (exact) mass is 371 g/mol. The number of hydrogen-bond acceptors (Lipinski definition) is 2. The van der Waals surface area contributed by atoms with Crippen molar-refractivity contribution in [2.24, 2.45) is 0 Å². The second kappa shape index (κ2) is 6.68. The highest BCUT2D eigenvalue weighted by atomic mass is 79.9. The Morgan fingerprint density at radius 3 is 2.62 bits per heavy atom. The molecule has 3 nitrogen and oxygen atoms in total. The van der Waals surface area contributed by atoms with E-state index in [0.717, 1.165) is 11.1 Å². The van der Waals surface area contributed by atoms with Crippen molar-refractivity contribution in [3.63, 3.8) is 0 Å². The fraction of sp³-hybridized carbons (Fsp3) is 0.200. The lowest BCUT2D eigenvalue weighted by Crippen LogP contribution is -2.26. The Kier molecular flexibility index (Phi) is 5.13. The summed E-state index contributed by atoms with van der Waals surface area (Å²) in [6.07, 6.45) is 0.431. The van der Waals surface area contributed by atoms with Gasteiger partial charge in [-0.05, 0) is 64.7 Å². The van der Waals surface area contributed by atoms with Gasteiger partial charge in [0, 0.05) is 11.0 Å². The van der Waals surface area contributed by atoms with Crippen molar-refractivity contribution in [2.75, 3.05) is 6.54 Å². The normalized spacial score (nSPS) is 11.6. The SMILES string of the molecule is Cc1ccc(S(=O)(=O)NCCc2cccc(F)c2)c(Br)c1. The Morgan fingerprint density at radius 2 is 1.95 bits per heavy atom. The van der Waals surface area contributed by atoms with E-state index < -0.39 is 10.0 Å². The van der Waals surface area contributed by atoms with Crippen LogP contribution >= 0.6 is 15.9 Å². The summed E-state index contributed by atoms with van der Waals surface area (Å²) in [6, 6.07) is 11.2. The van der Waals surface area contributed by atoms with Crippen LogP contribution in [-0.4, -0.2) is 15.0 Å². The molecule has 0 heterocycles. The van der Waals surface area contributed by atoms with E-state index in [1.165, 1.54) is 12.1 Å². The van der Waals surface area contributed by atoms with E-state index in [-0.39, 0.29) is 17.3 Å². The lowest BCUT2D eigenvalue weighted by Gasteiger charge is -2.09. The van der Waals surface area contributed by atoms with Crippen LogP contribution in [0.15, 0.2) is 51.8 Å². The zero-order valence-corrected chi connectivity index (χ0v) is 13.8. The largest absolute Gasteiger partial charge is 0.241 e. The van der Waals surface area contributed by atoms with Crippen molar-refractivity contribution in [2.45, 2.75) is 18.2 Å². The van der Waals surface area contributed by atoms with E-state index in [1.54, 1.807) is 30.3 Å². The quantitative estimate of drug-likeness (QED) is 0.874. The lowest BCUT2D eigenvalue weighted by atomic mass is 10.1. The standard InChI is InChI=1S/C15H15BrFNO2S/c1-11-5-6-15(14(16)9-11)21(19,20)18-8-7-12-3-2-4-13(17)10-12/h2-6,9-10,18H,7-8H2,1H3. The first-order valence-corrected chi connectivity index (χ1v) is 8.66. The van der Waals surface area contributed by atoms with Gasteiger partial charge < -0.3 is 0 Å². The second-order valence-electron chi connectivity index (χ2n) is 4.71. The summed E-state index contributed by atoms with van der Waals surface area (Å²) >= 11 is 3.26. The highest BCUT2D eigenvalue weighted by molar-refractivity contribution is 9.10. The number of aryl methyl sites for hydroxylation is 1. The van der Waals surface area contributed by atoms with Gasteiger partial charge in [0.2, 0.25) is 10.0 Å². The molecule has 0 bridgehead atoms. The summed E-state index contributed by atoms with van der Waals surface area (Å²) in [6.45, 7) is 2.10. The third kappa shape index (κ3) is 4.36. The fourth-order valence-electron chi connectivity index (χ4n) is 1.92. The van der Waals surface area contributed by atoms with Crippen LogP contribution in [0.5, 0.6) is 0 Å². The van der Waals surface area contributed by atoms with E-state index in [2.05, 4.69) is 20.7 Å². The zero-order chi connectivity index (χ0) is 15.5. The average Bonchev–Trinajstić information content (AvgIpc) is 2.38. The third-order valence-electron chi connectivity index (χ3n) is 2.97. The zero-order valence-electron chi connectivity index (χ0n) is 11.4. The van der Waals surface area contributed by atoms with Crippen LogP contribution in [0, 0.1) is 12.7 Å². The maximum Gasteiger partial charge on any atom is 0.241 e. The molecule has 112 valence electrons. The number of hydrogen-bond donors (Lipinski definition) is 1. The predicted octanol–water partition coefficient (Wildman–Crippen LogP) is 3.42. The Balaban J connectivity index is 2.05. The van der Waals surface area contributed by atoms with Crippen LogP contribution in [-0.2, 0) is 16.4 Å². The Morgan fingerprint density at radius 1 is 1.19 bits per heavy atom. The van der Waals surface area contributed by atoms with Crippen molar-refractivity contribution in [1.82, 2.24) is 4.72 Å². The molecule has 2 aromatic rings. The van der Waals surface area contributed by atoms with Crippen molar-refractivity contribution < 1.29 is 12.8 Å². The maximum absolute atomic E-state index is 13.0. The van der Waals surface area contributed by atoms with Gasteiger partial charge in [-0.25, -0.2) is 17.5 Å². The van der Waals surface area contributed by atoms with Gasteiger partial charge in [-0.3, -0.25) is 0 Å². The fourth-order valence-corrected chi connectivity index (χ4v) is 4.15. The minimum atomic E-state index is -3.58. The third-order valence-corrected chi connectivity index (χ3v) is 5.41. The van der Waals surface area contributed by atoms with Crippen molar-refractivity contribution >= 4 is 26.0 Å². The van der Waals surface area contributed by atoms with Gasteiger partial charge in [0.25, 0.3) is 0 Å². The molecule has 0 atom stereocenters. The van der Waals surface area contributed by atoms with Crippen LogP contribution in [0.4, 0.5) is 4.39 Å². The predicted molar refractivity (Wildman–Crippen MR) is 84.2 cm³/mol. The molecule has 0 unspecified atom stereocenters.